The summed E-state index contributed by atoms with van der Waals surface area (Å²) in [7, 11) is 0. The fraction of sp³-hybridized carbons (Fsp3) is 0.706. The van der Waals surface area contributed by atoms with Gasteiger partial charge in [-0.3, -0.25) is 4.68 Å². The van der Waals surface area contributed by atoms with Crippen LogP contribution < -0.4 is 5.32 Å². The maximum Gasteiger partial charge on any atom is 0.317 e. The van der Waals surface area contributed by atoms with Gasteiger partial charge in [-0.25, -0.2) is 9.78 Å². The molecule has 0 aliphatic heterocycles. The third-order valence-electron chi connectivity index (χ3n) is 4.17. The molecule has 1 aromatic rings. The summed E-state index contributed by atoms with van der Waals surface area (Å²) in [6.07, 6.45) is 12.5. The second-order valence-electron chi connectivity index (χ2n) is 6.31. The maximum atomic E-state index is 12.5. The van der Waals surface area contributed by atoms with Crippen molar-refractivity contribution in [1.82, 2.24) is 25.0 Å². The Balaban J connectivity index is 1.80. The van der Waals surface area contributed by atoms with Crippen molar-refractivity contribution in [3.8, 4) is 0 Å². The molecule has 23 heavy (non-hydrogen) atoms. The van der Waals surface area contributed by atoms with Gasteiger partial charge in [-0.15, -0.1) is 0 Å². The summed E-state index contributed by atoms with van der Waals surface area (Å²) in [6, 6.07) is 0.0494. The molecule has 0 saturated carbocycles. The van der Waals surface area contributed by atoms with Gasteiger partial charge in [0.2, 0.25) is 0 Å². The first-order valence-corrected chi connectivity index (χ1v) is 8.74. The lowest BCUT2D eigenvalue weighted by Crippen LogP contribution is -2.46. The molecule has 1 aliphatic rings. The molecule has 2 rings (SSSR count). The predicted molar refractivity (Wildman–Crippen MR) is 91.0 cm³/mol. The first-order chi connectivity index (χ1) is 11.2. The smallest absolute Gasteiger partial charge is 0.317 e. The second-order valence-corrected chi connectivity index (χ2v) is 6.31. The lowest BCUT2D eigenvalue weighted by Gasteiger charge is -2.26. The van der Waals surface area contributed by atoms with Crippen molar-refractivity contribution < 1.29 is 4.79 Å². The van der Waals surface area contributed by atoms with Crippen molar-refractivity contribution in [3.63, 3.8) is 0 Å². The Hall–Kier alpha value is -1.85. The quantitative estimate of drug-likeness (QED) is 0.749. The number of nitrogens with zero attached hydrogens (tertiary/aromatic N) is 4. The molecular weight excluding hydrogens is 290 g/mol. The molecule has 0 radical (unpaired) electrons. The SMILES string of the molecule is CCCN(CCC1=CCCCC1)C(=O)N[C@@H](C)Cn1cncn1. The minimum atomic E-state index is 0.0240. The van der Waals surface area contributed by atoms with Crippen LogP contribution in [0.1, 0.15) is 52.4 Å². The lowest BCUT2D eigenvalue weighted by molar-refractivity contribution is 0.193. The van der Waals surface area contributed by atoms with Gasteiger partial charge in [0, 0.05) is 19.1 Å². The van der Waals surface area contributed by atoms with Gasteiger partial charge in [-0.1, -0.05) is 18.6 Å². The Kier molecular flexibility index (Phi) is 7.10. The third-order valence-corrected chi connectivity index (χ3v) is 4.17. The first-order valence-electron chi connectivity index (χ1n) is 8.74. The Bertz CT molecular complexity index is 497. The zero-order valence-corrected chi connectivity index (χ0v) is 14.4. The van der Waals surface area contributed by atoms with Gasteiger partial charge in [-0.2, -0.15) is 5.10 Å². The van der Waals surface area contributed by atoms with E-state index in [-0.39, 0.29) is 12.1 Å². The highest BCUT2D eigenvalue weighted by molar-refractivity contribution is 5.74. The molecular formula is C17H29N5O. The van der Waals surface area contributed by atoms with Crippen LogP contribution in [0.15, 0.2) is 24.3 Å². The summed E-state index contributed by atoms with van der Waals surface area (Å²) >= 11 is 0. The fourth-order valence-corrected chi connectivity index (χ4v) is 2.95. The van der Waals surface area contributed by atoms with Crippen molar-refractivity contribution in [3.05, 3.63) is 24.3 Å². The lowest BCUT2D eigenvalue weighted by atomic mass is 9.97. The Morgan fingerprint density at radius 2 is 2.30 bits per heavy atom. The average Bonchev–Trinajstić information content (AvgIpc) is 3.05. The largest absolute Gasteiger partial charge is 0.334 e. The number of rotatable bonds is 8. The molecule has 6 heteroatoms. The van der Waals surface area contributed by atoms with E-state index in [1.54, 1.807) is 11.0 Å². The molecule has 128 valence electrons. The van der Waals surface area contributed by atoms with Crippen molar-refractivity contribution in [1.29, 1.82) is 0 Å². The fourth-order valence-electron chi connectivity index (χ4n) is 2.95. The van der Waals surface area contributed by atoms with E-state index >= 15 is 0 Å². The van der Waals surface area contributed by atoms with E-state index in [4.69, 9.17) is 0 Å². The number of aromatic nitrogens is 3. The predicted octanol–water partition coefficient (Wildman–Crippen LogP) is 2.98. The highest BCUT2D eigenvalue weighted by Gasteiger charge is 2.16. The number of hydrogen-bond acceptors (Lipinski definition) is 3. The summed E-state index contributed by atoms with van der Waals surface area (Å²) < 4.78 is 1.74. The van der Waals surface area contributed by atoms with Crippen LogP contribution in [0.5, 0.6) is 0 Å². The zero-order valence-electron chi connectivity index (χ0n) is 14.4. The molecule has 0 bridgehead atoms. The molecule has 6 nitrogen and oxygen atoms in total. The number of amides is 2. The summed E-state index contributed by atoms with van der Waals surface area (Å²) in [5.41, 5.74) is 1.51. The molecule has 1 aromatic heterocycles. The van der Waals surface area contributed by atoms with E-state index in [0.29, 0.717) is 6.54 Å². The van der Waals surface area contributed by atoms with Crippen LogP contribution in [0.25, 0.3) is 0 Å². The molecule has 1 N–H and O–H groups in total. The van der Waals surface area contributed by atoms with Crippen LogP contribution in [-0.4, -0.2) is 44.8 Å². The number of hydrogen-bond donors (Lipinski definition) is 1. The molecule has 1 heterocycles. The molecule has 0 saturated heterocycles. The van der Waals surface area contributed by atoms with Gasteiger partial charge in [-0.05, 0) is 45.4 Å². The second kappa shape index (κ2) is 9.33. The molecule has 1 aliphatic carbocycles. The number of carbonyl (C=O) groups is 1. The van der Waals surface area contributed by atoms with E-state index in [1.807, 2.05) is 11.8 Å². The van der Waals surface area contributed by atoms with Crippen LogP contribution in [0.4, 0.5) is 4.79 Å². The Morgan fingerprint density at radius 1 is 1.43 bits per heavy atom. The van der Waals surface area contributed by atoms with Gasteiger partial charge in [0.25, 0.3) is 0 Å². The molecule has 0 aromatic carbocycles. The van der Waals surface area contributed by atoms with Crippen LogP contribution in [0.3, 0.4) is 0 Å². The highest BCUT2D eigenvalue weighted by atomic mass is 16.2. The van der Waals surface area contributed by atoms with E-state index in [2.05, 4.69) is 28.4 Å². The van der Waals surface area contributed by atoms with Crippen LogP contribution in [-0.2, 0) is 6.54 Å². The van der Waals surface area contributed by atoms with Gasteiger partial charge in [0.05, 0.1) is 6.54 Å². The van der Waals surface area contributed by atoms with E-state index in [0.717, 1.165) is 25.9 Å². The normalized spacial score (nSPS) is 15.8. The summed E-state index contributed by atoms with van der Waals surface area (Å²) in [4.78, 5) is 18.4. The zero-order chi connectivity index (χ0) is 16.5. The number of nitrogens with one attached hydrogen (secondary N) is 1. The van der Waals surface area contributed by atoms with Crippen molar-refractivity contribution >= 4 is 6.03 Å². The van der Waals surface area contributed by atoms with Crippen molar-refractivity contribution in [2.45, 2.75) is 65.0 Å². The maximum absolute atomic E-state index is 12.5. The van der Waals surface area contributed by atoms with Gasteiger partial charge < -0.3 is 10.2 Å². The molecule has 0 unspecified atom stereocenters. The summed E-state index contributed by atoms with van der Waals surface area (Å²) in [5.74, 6) is 0. The Morgan fingerprint density at radius 3 is 2.96 bits per heavy atom. The summed E-state index contributed by atoms with van der Waals surface area (Å²) in [5, 5.41) is 7.15. The number of carbonyl (C=O) groups excluding carboxylic acids is 1. The standard InChI is InChI=1S/C17H29N5O/c1-3-10-21(11-9-16-7-5-4-6-8-16)17(23)20-15(2)12-22-14-18-13-19-22/h7,13-15H,3-6,8-12H2,1-2H3,(H,20,23)/t15-/m0/s1. The first kappa shape index (κ1) is 17.5. The van der Waals surface area contributed by atoms with E-state index < -0.39 is 0 Å². The minimum Gasteiger partial charge on any atom is -0.334 e. The highest BCUT2D eigenvalue weighted by Crippen LogP contribution is 2.20. The number of urea groups is 1. The van der Waals surface area contributed by atoms with Crippen LogP contribution >= 0.6 is 0 Å². The van der Waals surface area contributed by atoms with Gasteiger partial charge in [0.1, 0.15) is 12.7 Å². The van der Waals surface area contributed by atoms with E-state index in [1.165, 1.54) is 37.6 Å². The topological polar surface area (TPSA) is 63.1 Å². The third kappa shape index (κ3) is 6.04. The van der Waals surface area contributed by atoms with Gasteiger partial charge >= 0.3 is 6.03 Å². The molecule has 1 atom stereocenters. The molecule has 2 amide bonds. The number of allylic oxidation sites excluding steroid dienone is 1. The molecule has 0 fully saturated rings. The van der Waals surface area contributed by atoms with Crippen LogP contribution in [0.2, 0.25) is 0 Å². The average molecular weight is 319 g/mol. The van der Waals surface area contributed by atoms with Crippen LogP contribution in [0, 0.1) is 0 Å². The van der Waals surface area contributed by atoms with E-state index in [9.17, 15) is 4.79 Å². The Labute approximate surface area is 139 Å². The van der Waals surface area contributed by atoms with Crippen molar-refractivity contribution in [2.75, 3.05) is 13.1 Å². The van der Waals surface area contributed by atoms with Crippen molar-refractivity contribution in [2.24, 2.45) is 0 Å². The molecule has 0 spiro atoms. The monoisotopic (exact) mass is 319 g/mol. The minimum absolute atomic E-state index is 0.0240. The summed E-state index contributed by atoms with van der Waals surface area (Å²) in [6.45, 7) is 6.35. The van der Waals surface area contributed by atoms with Gasteiger partial charge in [0.15, 0.2) is 0 Å².